The first kappa shape index (κ1) is 22.9. The molecule has 1 atom stereocenters. The molecule has 2 fully saturated rings. The highest BCUT2D eigenvalue weighted by molar-refractivity contribution is 5.76. The average molecular weight is 446 g/mol. The van der Waals surface area contributed by atoms with Crippen LogP contribution in [0.15, 0.2) is 10.6 Å². The smallest absolute Gasteiger partial charge is 0.229 e. The molecular formula is C23H35N5O4. The Kier molecular flexibility index (Phi) is 7.25. The van der Waals surface area contributed by atoms with Gasteiger partial charge >= 0.3 is 0 Å². The highest BCUT2D eigenvalue weighted by Gasteiger charge is 2.42. The lowest BCUT2D eigenvalue weighted by molar-refractivity contribution is -0.134. The summed E-state index contributed by atoms with van der Waals surface area (Å²) < 4.78 is 18.5. The molecule has 2 aliphatic rings. The fraction of sp³-hybridized carbons (Fsp3) is 0.739. The van der Waals surface area contributed by atoms with Crippen molar-refractivity contribution in [2.24, 2.45) is 0 Å². The van der Waals surface area contributed by atoms with E-state index in [1.165, 1.54) is 0 Å². The maximum absolute atomic E-state index is 13.1. The molecule has 4 heterocycles. The summed E-state index contributed by atoms with van der Waals surface area (Å²) in [5.41, 5.74) is 1.72. The Morgan fingerprint density at radius 2 is 2.12 bits per heavy atom. The van der Waals surface area contributed by atoms with Crippen LogP contribution in [0.25, 0.3) is 0 Å². The van der Waals surface area contributed by atoms with Gasteiger partial charge in [-0.1, -0.05) is 5.16 Å². The average Bonchev–Trinajstić information content (AvgIpc) is 3.43. The number of methoxy groups -OCH3 is 1. The predicted octanol–water partition coefficient (Wildman–Crippen LogP) is 2.76. The number of rotatable bonds is 8. The van der Waals surface area contributed by atoms with Crippen LogP contribution in [-0.4, -0.2) is 70.7 Å². The van der Waals surface area contributed by atoms with Gasteiger partial charge in [0.1, 0.15) is 0 Å². The van der Waals surface area contributed by atoms with Gasteiger partial charge in [0.15, 0.2) is 5.82 Å². The molecule has 9 heteroatoms. The minimum absolute atomic E-state index is 0.146. The number of hydrogen-bond acceptors (Lipinski definition) is 7. The van der Waals surface area contributed by atoms with E-state index < -0.39 is 0 Å². The Morgan fingerprint density at radius 3 is 2.84 bits per heavy atom. The quantitative estimate of drug-likeness (QED) is 0.616. The van der Waals surface area contributed by atoms with Gasteiger partial charge in [0.2, 0.25) is 11.8 Å². The lowest BCUT2D eigenvalue weighted by atomic mass is 9.76. The molecule has 1 amide bonds. The highest BCUT2D eigenvalue weighted by atomic mass is 16.5. The van der Waals surface area contributed by atoms with Crippen LogP contribution in [0.2, 0.25) is 0 Å². The lowest BCUT2D eigenvalue weighted by Crippen LogP contribution is -2.49. The van der Waals surface area contributed by atoms with Gasteiger partial charge in [0.05, 0.1) is 11.1 Å². The molecule has 2 aromatic heterocycles. The van der Waals surface area contributed by atoms with E-state index in [0.29, 0.717) is 37.8 Å². The summed E-state index contributed by atoms with van der Waals surface area (Å²) in [5.74, 6) is 1.82. The summed E-state index contributed by atoms with van der Waals surface area (Å²) in [5, 5.41) is 8.89. The number of carbonyl (C=O) groups is 1. The molecule has 9 nitrogen and oxygen atoms in total. The minimum Gasteiger partial charge on any atom is -0.385 e. The number of aryl methyl sites for hydroxylation is 3. The van der Waals surface area contributed by atoms with Crippen molar-refractivity contribution in [1.82, 2.24) is 24.8 Å². The van der Waals surface area contributed by atoms with Crippen LogP contribution >= 0.6 is 0 Å². The molecule has 0 aromatic carbocycles. The molecule has 32 heavy (non-hydrogen) atoms. The third-order valence-electron chi connectivity index (χ3n) is 6.84. The summed E-state index contributed by atoms with van der Waals surface area (Å²) >= 11 is 0. The summed E-state index contributed by atoms with van der Waals surface area (Å²) in [6.45, 7) is 8.00. The molecule has 0 saturated carbocycles. The van der Waals surface area contributed by atoms with Crippen LogP contribution in [0.4, 0.5) is 0 Å². The second-order valence-electron chi connectivity index (χ2n) is 9.19. The first-order chi connectivity index (χ1) is 15.5. The monoisotopic (exact) mass is 445 g/mol. The number of carbonyl (C=O) groups excluding carboxylic acids is 1. The van der Waals surface area contributed by atoms with Gasteiger partial charge in [-0.3, -0.25) is 9.48 Å². The van der Waals surface area contributed by atoms with Crippen molar-refractivity contribution >= 4 is 5.91 Å². The maximum atomic E-state index is 13.1. The van der Waals surface area contributed by atoms with Crippen molar-refractivity contribution in [1.29, 1.82) is 0 Å². The van der Waals surface area contributed by atoms with Gasteiger partial charge in [0.25, 0.3) is 0 Å². The summed E-state index contributed by atoms with van der Waals surface area (Å²) in [4.78, 5) is 19.9. The lowest BCUT2D eigenvalue weighted by Gasteiger charge is -2.41. The summed E-state index contributed by atoms with van der Waals surface area (Å²) in [6, 6.07) is 2.04. The zero-order chi connectivity index (χ0) is 22.6. The Bertz CT molecular complexity index is 904. The molecule has 0 N–H and O–H groups in total. The molecule has 176 valence electrons. The van der Waals surface area contributed by atoms with E-state index in [4.69, 9.17) is 19.0 Å². The van der Waals surface area contributed by atoms with Gasteiger partial charge in [-0.2, -0.15) is 10.1 Å². The molecule has 4 rings (SSSR count). The van der Waals surface area contributed by atoms with E-state index >= 15 is 0 Å². The second kappa shape index (κ2) is 10.1. The van der Waals surface area contributed by atoms with Gasteiger partial charge < -0.3 is 18.9 Å². The Morgan fingerprint density at radius 1 is 1.31 bits per heavy atom. The highest BCUT2D eigenvalue weighted by Crippen LogP contribution is 2.37. The number of amides is 1. The van der Waals surface area contributed by atoms with E-state index in [0.717, 1.165) is 63.3 Å². The number of likely N-dealkylation sites (tertiary alicyclic amines) is 1. The van der Waals surface area contributed by atoms with Crippen molar-refractivity contribution in [3.63, 3.8) is 0 Å². The van der Waals surface area contributed by atoms with Crippen molar-refractivity contribution < 1.29 is 18.8 Å². The Balaban J connectivity index is 1.47. The fourth-order valence-electron chi connectivity index (χ4n) is 4.96. The Labute approximate surface area is 189 Å². The van der Waals surface area contributed by atoms with Crippen LogP contribution in [0.1, 0.15) is 67.5 Å². The topological polar surface area (TPSA) is 95.5 Å². The van der Waals surface area contributed by atoms with Crippen molar-refractivity contribution in [2.75, 3.05) is 40.0 Å². The molecule has 0 bridgehead atoms. The van der Waals surface area contributed by atoms with Crippen LogP contribution in [0, 0.1) is 13.8 Å². The van der Waals surface area contributed by atoms with Crippen LogP contribution < -0.4 is 0 Å². The number of piperidine rings is 1. The molecule has 2 aromatic rings. The van der Waals surface area contributed by atoms with E-state index in [1.807, 2.05) is 29.5 Å². The third kappa shape index (κ3) is 5.04. The van der Waals surface area contributed by atoms with Gasteiger partial charge in [-0.15, -0.1) is 0 Å². The zero-order valence-electron chi connectivity index (χ0n) is 19.5. The number of ether oxygens (including phenoxy) is 2. The first-order valence-electron chi connectivity index (χ1n) is 11.7. The normalized spacial score (nSPS) is 22.4. The van der Waals surface area contributed by atoms with Gasteiger partial charge in [-0.05, 0) is 52.0 Å². The Hall–Kier alpha value is -2.26. The van der Waals surface area contributed by atoms with Crippen LogP contribution in [0.3, 0.4) is 0 Å². The van der Waals surface area contributed by atoms with Crippen LogP contribution in [-0.2, 0) is 26.2 Å². The molecule has 0 spiro atoms. The molecule has 2 saturated heterocycles. The van der Waals surface area contributed by atoms with Crippen molar-refractivity contribution in [3.8, 4) is 0 Å². The number of aromatic nitrogens is 4. The summed E-state index contributed by atoms with van der Waals surface area (Å²) in [7, 11) is 1.71. The zero-order valence-corrected chi connectivity index (χ0v) is 19.5. The fourth-order valence-corrected chi connectivity index (χ4v) is 4.96. The molecule has 0 radical (unpaired) electrons. The van der Waals surface area contributed by atoms with Crippen molar-refractivity contribution in [3.05, 3.63) is 29.2 Å². The second-order valence-corrected chi connectivity index (χ2v) is 9.19. The minimum atomic E-state index is -0.338. The van der Waals surface area contributed by atoms with Crippen LogP contribution in [0.5, 0.6) is 0 Å². The van der Waals surface area contributed by atoms with E-state index in [-0.39, 0.29) is 17.2 Å². The van der Waals surface area contributed by atoms with E-state index in [1.54, 1.807) is 7.11 Å². The molecule has 2 aliphatic heterocycles. The number of nitrogens with zero attached hydrogens (tertiary/aromatic N) is 5. The standard InChI is InChI=1S/C23H35N5O4/c1-17-15-18(2)28(25-17)11-5-20(29)27-10-4-8-23(16-27,9-14-30-3)22-24-21(32-26-22)19-6-12-31-13-7-19/h15,19H,4-14,16H2,1-3H3. The maximum Gasteiger partial charge on any atom is 0.229 e. The predicted molar refractivity (Wildman–Crippen MR) is 117 cm³/mol. The molecular weight excluding hydrogens is 410 g/mol. The largest absolute Gasteiger partial charge is 0.385 e. The summed E-state index contributed by atoms with van der Waals surface area (Å²) in [6.07, 6.45) is 4.84. The van der Waals surface area contributed by atoms with E-state index in [9.17, 15) is 4.79 Å². The SMILES string of the molecule is COCCC1(c2noc(C3CCOCC3)n2)CCCN(C(=O)CCn2nc(C)cc2C)C1. The third-order valence-corrected chi connectivity index (χ3v) is 6.84. The molecule has 1 unspecified atom stereocenters. The van der Waals surface area contributed by atoms with Crippen molar-refractivity contribution in [2.45, 2.75) is 70.3 Å². The first-order valence-corrected chi connectivity index (χ1v) is 11.7. The van der Waals surface area contributed by atoms with Gasteiger partial charge in [-0.25, -0.2) is 0 Å². The number of hydrogen-bond donors (Lipinski definition) is 0. The van der Waals surface area contributed by atoms with E-state index in [2.05, 4.69) is 10.3 Å². The molecule has 0 aliphatic carbocycles. The van der Waals surface area contributed by atoms with Gasteiger partial charge in [0, 0.05) is 64.6 Å².